The van der Waals surface area contributed by atoms with E-state index in [2.05, 4.69) is 20.8 Å². The van der Waals surface area contributed by atoms with Gasteiger partial charge in [-0.1, -0.05) is 53.4 Å². The number of allylic oxidation sites excluding steroid dienone is 2. The third-order valence-corrected chi connectivity index (χ3v) is 8.25. The monoisotopic (exact) mass is 488 g/mol. The van der Waals surface area contributed by atoms with Gasteiger partial charge in [0.25, 0.3) is 0 Å². The van der Waals surface area contributed by atoms with Crippen LogP contribution in [0.5, 0.6) is 0 Å². The molecule has 7 heteroatoms. The molecule has 0 fully saturated rings. The van der Waals surface area contributed by atoms with Gasteiger partial charge in [-0.25, -0.2) is 0 Å². The number of hydrogen-bond donors (Lipinski definition) is 3. The number of aliphatic carboxylic acids is 1. The van der Waals surface area contributed by atoms with E-state index in [0.29, 0.717) is 25.0 Å². The second-order valence-corrected chi connectivity index (χ2v) is 10.3. The summed E-state index contributed by atoms with van der Waals surface area (Å²) in [6, 6.07) is 0. The van der Waals surface area contributed by atoms with Crippen molar-refractivity contribution in [2.24, 2.45) is 23.2 Å². The first kappa shape index (κ1) is 31.5. The van der Waals surface area contributed by atoms with Gasteiger partial charge >= 0.3 is 29.6 Å². The Balaban J connectivity index is 0.00000578. The van der Waals surface area contributed by atoms with Crippen LogP contribution in [-0.4, -0.2) is 40.1 Å². The number of aliphatic hydroxyl groups excluding tert-OH is 3. The van der Waals surface area contributed by atoms with Crippen molar-refractivity contribution in [3.8, 4) is 0 Å². The fraction of sp³-hybridized carbons (Fsp3) is 0.815. The molecule has 6 nitrogen and oxygen atoms in total. The summed E-state index contributed by atoms with van der Waals surface area (Å²) in [5.74, 6) is -0.845. The molecule has 0 saturated carbocycles. The van der Waals surface area contributed by atoms with E-state index in [1.54, 1.807) is 6.08 Å². The Morgan fingerprint density at radius 3 is 2.38 bits per heavy atom. The molecule has 2 aliphatic rings. The molecule has 0 radical (unpaired) electrons. The fourth-order valence-electron chi connectivity index (χ4n) is 5.84. The van der Waals surface area contributed by atoms with Crippen molar-refractivity contribution in [2.75, 3.05) is 6.61 Å². The van der Waals surface area contributed by atoms with Crippen LogP contribution in [0.4, 0.5) is 0 Å². The minimum atomic E-state index is -1.00. The standard InChI is InChI=1S/C27H46O6.Na/c1-5-14-27(6-2,7-3)17-33-23-16-22(29)26(32)20-15-21(28)18(4)19(25(20)23)12-10-8-9-11-13-24(30)31;/h15,18-19,22-23,25,28-29,32H,5-14,16-17H2,1-4H3,(H,30,31);/q;+1/p-1/t18-,19+,22-,23-,25+;/m0./s1. The Morgan fingerprint density at radius 1 is 1.15 bits per heavy atom. The minimum absolute atomic E-state index is 0. The van der Waals surface area contributed by atoms with E-state index in [4.69, 9.17) is 4.74 Å². The summed E-state index contributed by atoms with van der Waals surface area (Å²) >= 11 is 0. The van der Waals surface area contributed by atoms with Crippen molar-refractivity contribution in [1.82, 2.24) is 0 Å². The average Bonchev–Trinajstić information content (AvgIpc) is 2.79. The third kappa shape index (κ3) is 7.99. The number of carboxylic acid groups (broad SMARTS) is 1. The number of ether oxygens (including phenoxy) is 1. The molecule has 0 aliphatic heterocycles. The maximum atomic E-state index is 10.7. The number of carbonyl (C=O) groups excluding carboxylic acids is 1. The normalized spacial score (nSPS) is 27.1. The molecular weight excluding hydrogens is 443 g/mol. The van der Waals surface area contributed by atoms with E-state index in [9.17, 15) is 25.2 Å². The Bertz CT molecular complexity index is 699. The van der Waals surface area contributed by atoms with Gasteiger partial charge < -0.3 is 30.0 Å². The summed E-state index contributed by atoms with van der Waals surface area (Å²) in [5.41, 5.74) is 0.737. The Kier molecular flexibility index (Phi) is 13.8. The zero-order chi connectivity index (χ0) is 24.6. The topological polar surface area (TPSA) is 110 Å². The van der Waals surface area contributed by atoms with E-state index in [1.807, 2.05) is 6.92 Å². The van der Waals surface area contributed by atoms with Crippen molar-refractivity contribution in [3.05, 3.63) is 23.2 Å². The van der Waals surface area contributed by atoms with E-state index in [1.165, 1.54) is 0 Å². The Hall–Kier alpha value is -0.530. The summed E-state index contributed by atoms with van der Waals surface area (Å²) in [6.45, 7) is 9.27. The molecule has 0 unspecified atom stereocenters. The van der Waals surface area contributed by atoms with Crippen LogP contribution in [0.2, 0.25) is 0 Å². The summed E-state index contributed by atoms with van der Waals surface area (Å²) in [6.07, 6.45) is 9.31. The number of rotatable bonds is 14. The van der Waals surface area contributed by atoms with Crippen LogP contribution in [0.15, 0.2) is 23.2 Å². The SMILES string of the molecule is CCCC(CC)(CC)CO[C@H]1C[C@H](O)C(O)=C2C=C(O)[C@@H](C)[C@@H](CCCCCCC(=O)[O-])[C@H]21.[Na+]. The second-order valence-electron chi connectivity index (χ2n) is 10.3. The summed E-state index contributed by atoms with van der Waals surface area (Å²) in [7, 11) is 0. The molecule has 0 aromatic rings. The van der Waals surface area contributed by atoms with Crippen LogP contribution in [0.25, 0.3) is 0 Å². The van der Waals surface area contributed by atoms with E-state index in [-0.39, 0.29) is 76.8 Å². The second kappa shape index (κ2) is 14.9. The largest absolute Gasteiger partial charge is 1.00 e. The molecule has 2 rings (SSSR count). The Morgan fingerprint density at radius 2 is 1.79 bits per heavy atom. The zero-order valence-electron chi connectivity index (χ0n) is 22.0. The van der Waals surface area contributed by atoms with E-state index >= 15 is 0 Å². The molecule has 0 aromatic carbocycles. The van der Waals surface area contributed by atoms with Crippen molar-refractivity contribution < 1.29 is 59.5 Å². The number of unbranched alkanes of at least 4 members (excludes halogenated alkanes) is 3. The van der Waals surface area contributed by atoms with Gasteiger partial charge in [0.2, 0.25) is 0 Å². The minimum Gasteiger partial charge on any atom is -0.550 e. The molecule has 3 N–H and O–H groups in total. The quantitative estimate of drug-likeness (QED) is 0.255. The van der Waals surface area contributed by atoms with Gasteiger partial charge in [0.1, 0.15) is 11.9 Å². The van der Waals surface area contributed by atoms with Crippen molar-refractivity contribution in [1.29, 1.82) is 0 Å². The van der Waals surface area contributed by atoms with Crippen LogP contribution in [0.3, 0.4) is 0 Å². The predicted octanol–water partition coefficient (Wildman–Crippen LogP) is 1.97. The summed E-state index contributed by atoms with van der Waals surface area (Å²) < 4.78 is 6.57. The van der Waals surface area contributed by atoms with Gasteiger partial charge in [0, 0.05) is 29.8 Å². The third-order valence-electron chi connectivity index (χ3n) is 8.25. The van der Waals surface area contributed by atoms with Gasteiger partial charge in [-0.15, -0.1) is 0 Å². The van der Waals surface area contributed by atoms with Crippen LogP contribution < -0.4 is 34.7 Å². The number of carboxylic acids is 1. The molecule has 34 heavy (non-hydrogen) atoms. The number of aliphatic hydroxyl groups is 3. The summed E-state index contributed by atoms with van der Waals surface area (Å²) in [5, 5.41) is 42.4. The van der Waals surface area contributed by atoms with Gasteiger partial charge in [-0.05, 0) is 55.9 Å². The molecule has 0 amide bonds. The zero-order valence-corrected chi connectivity index (χ0v) is 24.0. The van der Waals surface area contributed by atoms with Crippen LogP contribution in [0.1, 0.15) is 98.3 Å². The maximum Gasteiger partial charge on any atom is 1.00 e. The smallest absolute Gasteiger partial charge is 0.550 e. The molecule has 0 bridgehead atoms. The van der Waals surface area contributed by atoms with Gasteiger partial charge in [-0.3, -0.25) is 0 Å². The van der Waals surface area contributed by atoms with Crippen molar-refractivity contribution >= 4 is 5.97 Å². The van der Waals surface area contributed by atoms with Gasteiger partial charge in [0.05, 0.1) is 18.5 Å². The molecule has 0 heterocycles. The average molecular weight is 489 g/mol. The Labute approximate surface area is 228 Å². The molecule has 0 saturated heterocycles. The molecule has 0 aromatic heterocycles. The van der Waals surface area contributed by atoms with Gasteiger partial charge in [-0.2, -0.15) is 0 Å². The van der Waals surface area contributed by atoms with E-state index < -0.39 is 12.1 Å². The molecular formula is C27H45NaO6. The number of fused-ring (bicyclic) bond motifs is 1. The number of carbonyl (C=O) groups is 1. The first-order valence-corrected chi connectivity index (χ1v) is 13.0. The van der Waals surface area contributed by atoms with E-state index in [0.717, 1.165) is 51.4 Å². The summed E-state index contributed by atoms with van der Waals surface area (Å²) in [4.78, 5) is 10.6. The van der Waals surface area contributed by atoms with Gasteiger partial charge in [0.15, 0.2) is 0 Å². The first-order chi connectivity index (χ1) is 15.7. The van der Waals surface area contributed by atoms with Crippen molar-refractivity contribution in [2.45, 2.75) is 111 Å². The van der Waals surface area contributed by atoms with Crippen LogP contribution >= 0.6 is 0 Å². The fourth-order valence-corrected chi connectivity index (χ4v) is 5.84. The predicted molar refractivity (Wildman–Crippen MR) is 128 cm³/mol. The van der Waals surface area contributed by atoms with Crippen molar-refractivity contribution in [3.63, 3.8) is 0 Å². The molecule has 190 valence electrons. The van der Waals surface area contributed by atoms with Crippen LogP contribution in [-0.2, 0) is 9.53 Å². The molecule has 2 aliphatic carbocycles. The first-order valence-electron chi connectivity index (χ1n) is 13.0. The molecule has 0 spiro atoms. The number of hydrogen-bond acceptors (Lipinski definition) is 6. The molecule has 5 atom stereocenters. The maximum absolute atomic E-state index is 10.7. The van der Waals surface area contributed by atoms with Crippen LogP contribution in [0, 0.1) is 23.2 Å².